The number of carbonyl (C=O) groups excluding carboxylic acids is 2. The molecule has 0 saturated carbocycles. The van der Waals surface area contributed by atoms with Crippen molar-refractivity contribution in [2.75, 3.05) is 24.5 Å². The molecule has 0 bridgehead atoms. The van der Waals surface area contributed by atoms with Gasteiger partial charge in [-0.2, -0.15) is 0 Å². The molecule has 1 saturated heterocycles. The zero-order valence-electron chi connectivity index (χ0n) is 14.5. The second kappa shape index (κ2) is 8.72. The number of hydrogen-bond donors (Lipinski definition) is 2. The number of carbonyl (C=O) groups is 2. The minimum Gasteiger partial charge on any atom is -0.338 e. The van der Waals surface area contributed by atoms with E-state index in [0.717, 1.165) is 12.1 Å². The summed E-state index contributed by atoms with van der Waals surface area (Å²) in [5, 5.41) is 6.36. The van der Waals surface area contributed by atoms with E-state index in [1.807, 2.05) is 42.5 Å². The third-order valence-electron chi connectivity index (χ3n) is 4.44. The van der Waals surface area contributed by atoms with Crippen molar-refractivity contribution in [2.24, 2.45) is 5.92 Å². The largest absolute Gasteiger partial charge is 0.338 e. The van der Waals surface area contributed by atoms with Crippen LogP contribution in [0.3, 0.4) is 0 Å². The van der Waals surface area contributed by atoms with Crippen LogP contribution in [0.4, 0.5) is 10.5 Å². The van der Waals surface area contributed by atoms with Crippen LogP contribution in [-0.4, -0.2) is 31.6 Å². The van der Waals surface area contributed by atoms with E-state index >= 15 is 0 Å². The Bertz CT molecular complexity index is 749. The average molecular weight is 372 g/mol. The number of hydrogen-bond acceptors (Lipinski definition) is 2. The van der Waals surface area contributed by atoms with Crippen LogP contribution in [0.1, 0.15) is 12.0 Å². The fourth-order valence-electron chi connectivity index (χ4n) is 3.05. The normalized spacial score (nSPS) is 16.6. The Morgan fingerprint density at radius 1 is 1.08 bits per heavy atom. The number of nitrogens with zero attached hydrogens (tertiary/aromatic N) is 1. The van der Waals surface area contributed by atoms with E-state index in [1.54, 1.807) is 17.0 Å². The van der Waals surface area contributed by atoms with Gasteiger partial charge in [0.05, 0.1) is 0 Å². The van der Waals surface area contributed by atoms with Crippen LogP contribution in [0.15, 0.2) is 54.6 Å². The summed E-state index contributed by atoms with van der Waals surface area (Å²) in [5.41, 5.74) is 2.03. The van der Waals surface area contributed by atoms with Crippen molar-refractivity contribution in [3.8, 4) is 0 Å². The van der Waals surface area contributed by atoms with E-state index < -0.39 is 0 Å². The number of urea groups is 1. The Kier molecular flexibility index (Phi) is 6.12. The smallest absolute Gasteiger partial charge is 0.314 e. The number of rotatable bonds is 6. The van der Waals surface area contributed by atoms with Crippen LogP contribution in [0.5, 0.6) is 0 Å². The fraction of sp³-hybridized carbons (Fsp3) is 0.300. The van der Waals surface area contributed by atoms with Gasteiger partial charge in [0.25, 0.3) is 0 Å². The SMILES string of the molecule is O=C(NCCc1ccccc1)NC[C@H]1CC(=O)N(c2ccc(Cl)cc2)C1. The highest BCUT2D eigenvalue weighted by atomic mass is 35.5. The second-order valence-corrected chi connectivity index (χ2v) is 6.86. The Labute approximate surface area is 158 Å². The van der Waals surface area contributed by atoms with Crippen LogP contribution in [0, 0.1) is 5.92 Å². The van der Waals surface area contributed by atoms with Crippen LogP contribution >= 0.6 is 11.6 Å². The molecule has 0 radical (unpaired) electrons. The van der Waals surface area contributed by atoms with Crippen molar-refractivity contribution in [3.05, 3.63) is 65.2 Å². The maximum absolute atomic E-state index is 12.2. The molecule has 136 valence electrons. The maximum atomic E-state index is 12.2. The Hall–Kier alpha value is -2.53. The lowest BCUT2D eigenvalue weighted by Gasteiger charge is -2.17. The van der Waals surface area contributed by atoms with Gasteiger partial charge in [-0.15, -0.1) is 0 Å². The number of halogens is 1. The van der Waals surface area contributed by atoms with E-state index in [1.165, 1.54) is 5.56 Å². The topological polar surface area (TPSA) is 61.4 Å². The highest BCUT2D eigenvalue weighted by Gasteiger charge is 2.30. The van der Waals surface area contributed by atoms with Crippen molar-refractivity contribution in [1.82, 2.24) is 10.6 Å². The van der Waals surface area contributed by atoms with Crippen LogP contribution in [0.2, 0.25) is 5.02 Å². The van der Waals surface area contributed by atoms with Crippen molar-refractivity contribution in [3.63, 3.8) is 0 Å². The molecule has 3 amide bonds. The molecule has 2 N–H and O–H groups in total. The average Bonchev–Trinajstić information content (AvgIpc) is 3.02. The molecule has 1 heterocycles. The minimum atomic E-state index is -0.196. The Morgan fingerprint density at radius 2 is 1.81 bits per heavy atom. The van der Waals surface area contributed by atoms with E-state index in [2.05, 4.69) is 10.6 Å². The first-order chi connectivity index (χ1) is 12.6. The fourth-order valence-corrected chi connectivity index (χ4v) is 3.18. The number of amides is 3. The van der Waals surface area contributed by atoms with Gasteiger partial charge in [0.15, 0.2) is 0 Å². The van der Waals surface area contributed by atoms with Crippen LogP contribution < -0.4 is 15.5 Å². The maximum Gasteiger partial charge on any atom is 0.314 e. The van der Waals surface area contributed by atoms with Gasteiger partial charge in [0, 0.05) is 42.7 Å². The number of benzene rings is 2. The van der Waals surface area contributed by atoms with Gasteiger partial charge >= 0.3 is 6.03 Å². The molecule has 1 aliphatic rings. The molecule has 6 heteroatoms. The summed E-state index contributed by atoms with van der Waals surface area (Å²) in [6.07, 6.45) is 1.23. The number of nitrogens with one attached hydrogen (secondary N) is 2. The highest BCUT2D eigenvalue weighted by molar-refractivity contribution is 6.30. The van der Waals surface area contributed by atoms with Gasteiger partial charge < -0.3 is 15.5 Å². The van der Waals surface area contributed by atoms with Crippen LogP contribution in [-0.2, 0) is 11.2 Å². The molecule has 0 spiro atoms. The van der Waals surface area contributed by atoms with E-state index in [4.69, 9.17) is 11.6 Å². The van der Waals surface area contributed by atoms with Gasteiger partial charge in [-0.3, -0.25) is 4.79 Å². The zero-order chi connectivity index (χ0) is 18.4. The third kappa shape index (κ3) is 4.99. The molecule has 0 unspecified atom stereocenters. The summed E-state index contributed by atoms with van der Waals surface area (Å²) < 4.78 is 0. The third-order valence-corrected chi connectivity index (χ3v) is 4.69. The van der Waals surface area contributed by atoms with Gasteiger partial charge in [-0.25, -0.2) is 4.79 Å². The van der Waals surface area contributed by atoms with Crippen molar-refractivity contribution in [2.45, 2.75) is 12.8 Å². The first-order valence-corrected chi connectivity index (χ1v) is 9.11. The summed E-state index contributed by atoms with van der Waals surface area (Å²) in [6.45, 7) is 1.66. The number of anilines is 1. The Morgan fingerprint density at radius 3 is 2.54 bits per heavy atom. The zero-order valence-corrected chi connectivity index (χ0v) is 15.2. The van der Waals surface area contributed by atoms with Gasteiger partial charge in [0.1, 0.15) is 0 Å². The van der Waals surface area contributed by atoms with E-state index in [-0.39, 0.29) is 17.9 Å². The lowest BCUT2D eigenvalue weighted by atomic mass is 10.1. The summed E-state index contributed by atoms with van der Waals surface area (Å²) in [7, 11) is 0. The van der Waals surface area contributed by atoms with Gasteiger partial charge in [-0.1, -0.05) is 41.9 Å². The molecule has 1 fully saturated rings. The highest BCUT2D eigenvalue weighted by Crippen LogP contribution is 2.25. The lowest BCUT2D eigenvalue weighted by Crippen LogP contribution is -2.39. The van der Waals surface area contributed by atoms with Crippen LogP contribution in [0.25, 0.3) is 0 Å². The molecule has 3 rings (SSSR count). The minimum absolute atomic E-state index is 0.0728. The summed E-state index contributed by atoms with van der Waals surface area (Å²) in [6, 6.07) is 17.0. The molecule has 26 heavy (non-hydrogen) atoms. The summed E-state index contributed by atoms with van der Waals surface area (Å²) in [4.78, 5) is 25.9. The van der Waals surface area contributed by atoms with Gasteiger partial charge in [-0.05, 0) is 36.2 Å². The standard InChI is InChI=1S/C20H22ClN3O2/c21-17-6-8-18(9-7-17)24-14-16(12-19(24)25)13-23-20(26)22-11-10-15-4-2-1-3-5-15/h1-9,16H,10-14H2,(H2,22,23,26)/t16-/m1/s1. The van der Waals surface area contributed by atoms with E-state index in [9.17, 15) is 9.59 Å². The summed E-state index contributed by atoms with van der Waals surface area (Å²) in [5.74, 6) is 0.182. The molecule has 0 aromatic heterocycles. The van der Waals surface area contributed by atoms with Crippen molar-refractivity contribution in [1.29, 1.82) is 0 Å². The first kappa shape index (κ1) is 18.3. The molecule has 1 atom stereocenters. The predicted molar refractivity (Wildman–Crippen MR) is 103 cm³/mol. The molecule has 0 aliphatic carbocycles. The molecule has 1 aliphatic heterocycles. The molecule has 2 aromatic rings. The van der Waals surface area contributed by atoms with Crippen molar-refractivity contribution >= 4 is 29.2 Å². The van der Waals surface area contributed by atoms with E-state index in [0.29, 0.717) is 31.1 Å². The van der Waals surface area contributed by atoms with Gasteiger partial charge in [0.2, 0.25) is 5.91 Å². The Balaban J connectivity index is 1.40. The molecular formula is C20H22ClN3O2. The predicted octanol–water partition coefficient (Wildman–Crippen LogP) is 3.23. The molecular weight excluding hydrogens is 350 g/mol. The monoisotopic (exact) mass is 371 g/mol. The van der Waals surface area contributed by atoms with Crippen molar-refractivity contribution < 1.29 is 9.59 Å². The molecule has 5 nitrogen and oxygen atoms in total. The summed E-state index contributed by atoms with van der Waals surface area (Å²) >= 11 is 5.89. The quantitative estimate of drug-likeness (QED) is 0.818. The lowest BCUT2D eigenvalue weighted by molar-refractivity contribution is -0.117. The second-order valence-electron chi connectivity index (χ2n) is 6.42. The first-order valence-electron chi connectivity index (χ1n) is 8.73. The molecule has 2 aromatic carbocycles.